The van der Waals surface area contributed by atoms with Crippen LogP contribution in [0, 0.1) is 11.8 Å². The number of primary sulfonamides is 1. The molecule has 0 aromatic carbocycles. The molecule has 7 heteroatoms. The zero-order chi connectivity index (χ0) is 13.6. The van der Waals surface area contributed by atoms with Gasteiger partial charge in [0.05, 0.1) is 0 Å². The number of rotatable bonds is 4. The number of nitrogens with two attached hydrogens (primary N) is 1. The van der Waals surface area contributed by atoms with E-state index in [4.69, 9.17) is 5.14 Å². The van der Waals surface area contributed by atoms with E-state index in [-0.39, 0.29) is 5.16 Å². The van der Waals surface area contributed by atoms with Gasteiger partial charge in [0.1, 0.15) is 5.82 Å². The third kappa shape index (κ3) is 2.18. The van der Waals surface area contributed by atoms with Crippen LogP contribution in [0.5, 0.6) is 0 Å². The third-order valence-corrected chi connectivity index (χ3v) is 5.33. The average Bonchev–Trinajstić information content (AvgIpc) is 3.00. The second-order valence-corrected chi connectivity index (χ2v) is 7.27. The highest BCUT2D eigenvalue weighted by Crippen LogP contribution is 2.52. The van der Waals surface area contributed by atoms with Gasteiger partial charge in [-0.1, -0.05) is 13.3 Å². The summed E-state index contributed by atoms with van der Waals surface area (Å²) in [5.41, 5.74) is 0. The van der Waals surface area contributed by atoms with Crippen LogP contribution in [0.4, 0.5) is 0 Å². The summed E-state index contributed by atoms with van der Waals surface area (Å²) in [7, 11) is -3.79. The van der Waals surface area contributed by atoms with Crippen molar-refractivity contribution in [2.75, 3.05) is 0 Å². The van der Waals surface area contributed by atoms with Crippen LogP contribution >= 0.6 is 0 Å². The number of hydrogen-bond donors (Lipinski definition) is 1. The molecule has 2 aliphatic carbocycles. The van der Waals surface area contributed by atoms with E-state index < -0.39 is 10.0 Å². The Labute approximate surface area is 113 Å². The molecule has 2 N–H and O–H groups in total. The molecule has 3 atom stereocenters. The van der Waals surface area contributed by atoms with E-state index in [9.17, 15) is 8.42 Å². The molecule has 1 aromatic rings. The van der Waals surface area contributed by atoms with Gasteiger partial charge in [-0.2, -0.15) is 0 Å². The lowest BCUT2D eigenvalue weighted by molar-refractivity contribution is 0.388. The monoisotopic (exact) mass is 284 g/mol. The summed E-state index contributed by atoms with van der Waals surface area (Å²) in [6.07, 6.45) is 5.77. The van der Waals surface area contributed by atoms with Gasteiger partial charge in [-0.15, -0.1) is 10.2 Å². The fraction of sp³-hybridized carbons (Fsp3) is 0.833. The molecule has 1 aromatic heterocycles. The van der Waals surface area contributed by atoms with Crippen LogP contribution in [0.3, 0.4) is 0 Å². The molecule has 2 bridgehead atoms. The van der Waals surface area contributed by atoms with E-state index >= 15 is 0 Å². The van der Waals surface area contributed by atoms with Crippen LogP contribution in [-0.4, -0.2) is 23.2 Å². The maximum Gasteiger partial charge on any atom is 0.273 e. The Morgan fingerprint density at radius 2 is 2.11 bits per heavy atom. The van der Waals surface area contributed by atoms with Crippen molar-refractivity contribution in [1.29, 1.82) is 0 Å². The highest BCUT2D eigenvalue weighted by atomic mass is 32.2. The zero-order valence-electron chi connectivity index (χ0n) is 11.1. The van der Waals surface area contributed by atoms with Crippen LogP contribution in [0.1, 0.15) is 50.8 Å². The quantitative estimate of drug-likeness (QED) is 0.900. The van der Waals surface area contributed by atoms with Crippen LogP contribution < -0.4 is 5.14 Å². The van der Waals surface area contributed by atoms with E-state index in [1.807, 2.05) is 6.92 Å². The fourth-order valence-electron chi connectivity index (χ4n) is 3.78. The maximum atomic E-state index is 11.6. The average molecular weight is 284 g/mol. The summed E-state index contributed by atoms with van der Waals surface area (Å²) in [5.74, 6) is 2.64. The van der Waals surface area contributed by atoms with Gasteiger partial charge in [-0.25, -0.2) is 13.6 Å². The topological polar surface area (TPSA) is 90.9 Å². The molecule has 0 aliphatic heterocycles. The Morgan fingerprint density at radius 1 is 1.32 bits per heavy atom. The van der Waals surface area contributed by atoms with Crippen LogP contribution in [0.25, 0.3) is 0 Å². The second kappa shape index (κ2) is 4.56. The Bertz CT molecular complexity index is 581. The summed E-state index contributed by atoms with van der Waals surface area (Å²) in [6.45, 7) is 2.62. The van der Waals surface area contributed by atoms with Crippen molar-refractivity contribution >= 4 is 10.0 Å². The molecule has 0 amide bonds. The highest BCUT2D eigenvalue weighted by Gasteiger charge is 2.43. The fourth-order valence-corrected chi connectivity index (χ4v) is 4.43. The van der Waals surface area contributed by atoms with Gasteiger partial charge in [0.2, 0.25) is 0 Å². The molecule has 2 aliphatic rings. The molecule has 6 nitrogen and oxygen atoms in total. The second-order valence-electron chi connectivity index (χ2n) is 5.82. The Morgan fingerprint density at radius 3 is 2.63 bits per heavy atom. The number of nitrogens with zero attached hydrogens (tertiary/aromatic N) is 3. The highest BCUT2D eigenvalue weighted by molar-refractivity contribution is 7.89. The first-order valence-electron chi connectivity index (χ1n) is 6.96. The lowest BCUT2D eigenvalue weighted by Gasteiger charge is -2.21. The van der Waals surface area contributed by atoms with Crippen LogP contribution in [-0.2, 0) is 16.6 Å². The number of hydrogen-bond acceptors (Lipinski definition) is 4. The molecule has 0 radical (unpaired) electrons. The molecule has 1 heterocycles. The molecule has 19 heavy (non-hydrogen) atoms. The Hall–Kier alpha value is -0.950. The summed E-state index contributed by atoms with van der Waals surface area (Å²) in [5, 5.41) is 13.1. The number of fused-ring (bicyclic) bond motifs is 2. The number of sulfonamides is 1. The standard InChI is InChI=1S/C12H20N4O2S/c1-2-5-16-11(14-15-12(16)19(13,17)18)10-7-8-3-4-9(10)6-8/h8-10H,2-7H2,1H3,(H2,13,17,18). The maximum absolute atomic E-state index is 11.6. The predicted molar refractivity (Wildman–Crippen MR) is 69.9 cm³/mol. The molecular formula is C12H20N4O2S. The normalized spacial score (nSPS) is 30.1. The molecule has 2 fully saturated rings. The third-order valence-electron chi connectivity index (χ3n) is 4.52. The molecule has 3 unspecified atom stereocenters. The van der Waals surface area contributed by atoms with Gasteiger partial charge < -0.3 is 4.57 Å². The molecule has 2 saturated carbocycles. The van der Waals surface area contributed by atoms with Crippen molar-refractivity contribution in [3.63, 3.8) is 0 Å². The van der Waals surface area contributed by atoms with Crippen LogP contribution in [0.15, 0.2) is 5.16 Å². The Kier molecular flexibility index (Phi) is 3.13. The van der Waals surface area contributed by atoms with Gasteiger partial charge in [0.15, 0.2) is 0 Å². The Balaban J connectivity index is 2.00. The number of aromatic nitrogens is 3. The van der Waals surface area contributed by atoms with Gasteiger partial charge >= 0.3 is 0 Å². The SMILES string of the molecule is CCCn1c(C2CC3CCC2C3)nnc1S(N)(=O)=O. The minimum Gasteiger partial charge on any atom is -0.301 e. The van der Waals surface area contributed by atoms with Crippen molar-refractivity contribution in [3.05, 3.63) is 5.82 Å². The molecule has 0 spiro atoms. The first-order valence-corrected chi connectivity index (χ1v) is 8.51. The van der Waals surface area contributed by atoms with E-state index in [0.717, 1.165) is 24.6 Å². The van der Waals surface area contributed by atoms with Gasteiger partial charge in [0, 0.05) is 12.5 Å². The molecule has 106 valence electrons. The summed E-state index contributed by atoms with van der Waals surface area (Å²) < 4.78 is 24.9. The van der Waals surface area contributed by atoms with Crippen molar-refractivity contribution in [2.45, 2.75) is 56.6 Å². The van der Waals surface area contributed by atoms with Gasteiger partial charge in [-0.3, -0.25) is 0 Å². The smallest absolute Gasteiger partial charge is 0.273 e. The minimum absolute atomic E-state index is 0.0767. The van der Waals surface area contributed by atoms with Gasteiger partial charge in [0.25, 0.3) is 15.2 Å². The molecule has 3 rings (SSSR count). The predicted octanol–water partition coefficient (Wildman–Crippen LogP) is 1.24. The van der Waals surface area contributed by atoms with Crippen molar-refractivity contribution in [2.24, 2.45) is 17.0 Å². The van der Waals surface area contributed by atoms with Crippen molar-refractivity contribution in [1.82, 2.24) is 14.8 Å². The first-order chi connectivity index (χ1) is 9.00. The van der Waals surface area contributed by atoms with E-state index in [2.05, 4.69) is 10.2 Å². The zero-order valence-corrected chi connectivity index (χ0v) is 11.9. The summed E-state index contributed by atoms with van der Waals surface area (Å²) in [4.78, 5) is 0. The van der Waals surface area contributed by atoms with E-state index in [1.54, 1.807) is 4.57 Å². The van der Waals surface area contributed by atoms with Crippen molar-refractivity contribution < 1.29 is 8.42 Å². The largest absolute Gasteiger partial charge is 0.301 e. The summed E-state index contributed by atoms with van der Waals surface area (Å²) >= 11 is 0. The molecular weight excluding hydrogens is 264 g/mol. The van der Waals surface area contributed by atoms with E-state index in [0.29, 0.717) is 18.4 Å². The van der Waals surface area contributed by atoms with Gasteiger partial charge in [-0.05, 0) is 37.5 Å². The lowest BCUT2D eigenvalue weighted by atomic mass is 9.88. The first kappa shape index (κ1) is 13.1. The minimum atomic E-state index is -3.79. The summed E-state index contributed by atoms with van der Waals surface area (Å²) in [6, 6.07) is 0. The lowest BCUT2D eigenvalue weighted by Crippen LogP contribution is -2.21. The van der Waals surface area contributed by atoms with E-state index in [1.165, 1.54) is 19.3 Å². The van der Waals surface area contributed by atoms with Crippen LogP contribution in [0.2, 0.25) is 0 Å². The van der Waals surface area contributed by atoms with Crippen molar-refractivity contribution in [3.8, 4) is 0 Å². The molecule has 0 saturated heterocycles.